The van der Waals surface area contributed by atoms with Crippen LogP contribution in [0.2, 0.25) is 0 Å². The minimum Gasteiger partial charge on any atom is -0.464 e. The van der Waals surface area contributed by atoms with Crippen LogP contribution in [0.15, 0.2) is 33.8 Å². The molecule has 56 valence electrons. The third-order valence-corrected chi connectivity index (χ3v) is 1.70. The van der Waals surface area contributed by atoms with Crippen molar-refractivity contribution in [3.05, 3.63) is 34.9 Å². The molecular weight excluding hydrogens is 142 g/mol. The molecule has 0 spiro atoms. The van der Waals surface area contributed by atoms with Gasteiger partial charge in [0.05, 0.1) is 11.6 Å². The van der Waals surface area contributed by atoms with Crippen LogP contribution in [0.3, 0.4) is 0 Å². The molecular formula is C8H7NO2. The molecule has 11 heavy (non-hydrogen) atoms. The molecule has 0 saturated heterocycles. The van der Waals surface area contributed by atoms with E-state index in [1.165, 1.54) is 10.8 Å². The highest BCUT2D eigenvalue weighted by Crippen LogP contribution is 2.08. The molecule has 0 aliphatic rings. The van der Waals surface area contributed by atoms with Gasteiger partial charge in [-0.1, -0.05) is 0 Å². The summed E-state index contributed by atoms with van der Waals surface area (Å²) in [4.78, 5) is 11.3. The quantitative estimate of drug-likeness (QED) is 0.562. The molecule has 0 radical (unpaired) electrons. The summed E-state index contributed by atoms with van der Waals surface area (Å²) in [6.45, 7) is 0. The zero-order valence-corrected chi connectivity index (χ0v) is 6.07. The molecule has 2 aromatic heterocycles. The highest BCUT2D eigenvalue weighted by atomic mass is 16.3. The van der Waals surface area contributed by atoms with E-state index in [4.69, 9.17) is 4.42 Å². The first-order chi connectivity index (χ1) is 5.29. The van der Waals surface area contributed by atoms with Crippen LogP contribution in [0.4, 0.5) is 0 Å². The van der Waals surface area contributed by atoms with Gasteiger partial charge in [0.1, 0.15) is 5.58 Å². The van der Waals surface area contributed by atoms with Crippen molar-refractivity contribution >= 4 is 11.0 Å². The summed E-state index contributed by atoms with van der Waals surface area (Å²) in [5, 5.41) is 0.634. The maximum absolute atomic E-state index is 11.3. The minimum atomic E-state index is -0.0174. The van der Waals surface area contributed by atoms with Crippen LogP contribution in [0.1, 0.15) is 0 Å². The van der Waals surface area contributed by atoms with Gasteiger partial charge in [-0.25, -0.2) is 0 Å². The maximum atomic E-state index is 11.3. The average Bonchev–Trinajstić information content (AvgIpc) is 2.45. The predicted molar refractivity (Wildman–Crippen MR) is 41.5 cm³/mol. The van der Waals surface area contributed by atoms with Gasteiger partial charge in [-0.2, -0.15) is 0 Å². The van der Waals surface area contributed by atoms with E-state index in [-0.39, 0.29) is 5.56 Å². The molecule has 0 fully saturated rings. The van der Waals surface area contributed by atoms with Crippen molar-refractivity contribution in [2.45, 2.75) is 0 Å². The van der Waals surface area contributed by atoms with Gasteiger partial charge in [-0.3, -0.25) is 4.79 Å². The Kier molecular flexibility index (Phi) is 1.12. The summed E-state index contributed by atoms with van der Waals surface area (Å²) in [6, 6.07) is 3.45. The van der Waals surface area contributed by atoms with Crippen LogP contribution >= 0.6 is 0 Å². The second kappa shape index (κ2) is 1.99. The highest BCUT2D eigenvalue weighted by Gasteiger charge is 2.00. The lowest BCUT2D eigenvalue weighted by Gasteiger charge is -1.93. The van der Waals surface area contributed by atoms with E-state index in [9.17, 15) is 4.79 Å². The fourth-order valence-corrected chi connectivity index (χ4v) is 1.06. The van der Waals surface area contributed by atoms with Gasteiger partial charge < -0.3 is 8.98 Å². The molecule has 0 aliphatic carbocycles. The second-order valence-electron chi connectivity index (χ2n) is 2.43. The van der Waals surface area contributed by atoms with Crippen LogP contribution in [0, 0.1) is 0 Å². The van der Waals surface area contributed by atoms with Crippen molar-refractivity contribution in [1.82, 2.24) is 4.57 Å². The molecule has 0 N–H and O–H groups in total. The zero-order valence-electron chi connectivity index (χ0n) is 6.07. The summed E-state index contributed by atoms with van der Waals surface area (Å²) in [7, 11) is 1.72. The van der Waals surface area contributed by atoms with Crippen LogP contribution in [-0.2, 0) is 7.05 Å². The van der Waals surface area contributed by atoms with Gasteiger partial charge in [0.15, 0.2) is 0 Å². The number of pyridine rings is 1. The highest BCUT2D eigenvalue weighted by molar-refractivity contribution is 5.75. The fourth-order valence-electron chi connectivity index (χ4n) is 1.06. The zero-order chi connectivity index (χ0) is 7.84. The molecule has 0 unspecified atom stereocenters. The molecule has 0 bridgehead atoms. The van der Waals surface area contributed by atoms with Crippen molar-refractivity contribution < 1.29 is 4.42 Å². The maximum Gasteiger partial charge on any atom is 0.261 e. The van der Waals surface area contributed by atoms with Gasteiger partial charge >= 0.3 is 0 Å². The minimum absolute atomic E-state index is 0.0174. The van der Waals surface area contributed by atoms with Gasteiger partial charge in [0.25, 0.3) is 5.56 Å². The fraction of sp³-hybridized carbons (Fsp3) is 0.125. The van der Waals surface area contributed by atoms with Gasteiger partial charge in [0.2, 0.25) is 0 Å². The summed E-state index contributed by atoms with van der Waals surface area (Å²) in [5.41, 5.74) is 0.629. The number of nitrogens with zero attached hydrogens (tertiary/aromatic N) is 1. The molecule has 2 rings (SSSR count). The molecule has 0 atom stereocenters. The molecule has 2 heterocycles. The lowest BCUT2D eigenvalue weighted by molar-refractivity contribution is 0.614. The summed E-state index contributed by atoms with van der Waals surface area (Å²) in [5.74, 6) is 0. The number of hydrogen-bond donors (Lipinski definition) is 0. The van der Waals surface area contributed by atoms with E-state index >= 15 is 0 Å². The number of hydrogen-bond acceptors (Lipinski definition) is 2. The van der Waals surface area contributed by atoms with E-state index in [0.717, 1.165) is 0 Å². The van der Waals surface area contributed by atoms with Crippen LogP contribution in [0.25, 0.3) is 11.0 Å². The SMILES string of the molecule is Cn1ccc2occc2c1=O. The first kappa shape index (κ1) is 6.22. The third kappa shape index (κ3) is 0.774. The number of aromatic nitrogens is 1. The van der Waals surface area contributed by atoms with Crippen molar-refractivity contribution in [2.24, 2.45) is 7.05 Å². The molecule has 3 heteroatoms. The lowest BCUT2D eigenvalue weighted by atomic mass is 10.3. The number of aryl methyl sites for hydroxylation is 1. The monoisotopic (exact) mass is 149 g/mol. The standard InChI is InChI=1S/C8H7NO2/c1-9-4-2-7-6(8(9)10)3-5-11-7/h2-5H,1H3. The molecule has 3 nitrogen and oxygen atoms in total. The molecule has 0 saturated carbocycles. The Morgan fingerprint density at radius 2 is 2.27 bits per heavy atom. The van der Waals surface area contributed by atoms with E-state index < -0.39 is 0 Å². The van der Waals surface area contributed by atoms with Crippen molar-refractivity contribution in [2.75, 3.05) is 0 Å². The Hall–Kier alpha value is -1.51. The van der Waals surface area contributed by atoms with E-state index in [1.54, 1.807) is 25.4 Å². The Bertz CT molecular complexity index is 439. The smallest absolute Gasteiger partial charge is 0.261 e. The van der Waals surface area contributed by atoms with Gasteiger partial charge in [-0.05, 0) is 12.1 Å². The van der Waals surface area contributed by atoms with E-state index in [2.05, 4.69) is 0 Å². The topological polar surface area (TPSA) is 35.1 Å². The Morgan fingerprint density at radius 3 is 3.09 bits per heavy atom. The summed E-state index contributed by atoms with van der Waals surface area (Å²) >= 11 is 0. The third-order valence-electron chi connectivity index (χ3n) is 1.70. The molecule has 0 aromatic carbocycles. The first-order valence-corrected chi connectivity index (χ1v) is 3.32. The van der Waals surface area contributed by atoms with E-state index in [1.807, 2.05) is 0 Å². The molecule has 0 aliphatic heterocycles. The predicted octanol–water partition coefficient (Wildman–Crippen LogP) is 1.13. The van der Waals surface area contributed by atoms with Crippen molar-refractivity contribution in [3.63, 3.8) is 0 Å². The van der Waals surface area contributed by atoms with Crippen LogP contribution < -0.4 is 5.56 Å². The number of furan rings is 1. The largest absolute Gasteiger partial charge is 0.464 e. The first-order valence-electron chi connectivity index (χ1n) is 3.32. The Labute approximate surface area is 62.9 Å². The van der Waals surface area contributed by atoms with E-state index in [0.29, 0.717) is 11.0 Å². The number of fused-ring (bicyclic) bond motifs is 1. The van der Waals surface area contributed by atoms with Crippen molar-refractivity contribution in [1.29, 1.82) is 0 Å². The Balaban J connectivity index is 3.05. The van der Waals surface area contributed by atoms with Gasteiger partial charge in [-0.15, -0.1) is 0 Å². The van der Waals surface area contributed by atoms with Crippen LogP contribution in [0.5, 0.6) is 0 Å². The van der Waals surface area contributed by atoms with Crippen LogP contribution in [-0.4, -0.2) is 4.57 Å². The summed E-state index contributed by atoms with van der Waals surface area (Å²) < 4.78 is 6.57. The number of rotatable bonds is 0. The van der Waals surface area contributed by atoms with Crippen molar-refractivity contribution in [3.8, 4) is 0 Å². The normalized spacial score (nSPS) is 10.6. The second-order valence-corrected chi connectivity index (χ2v) is 2.43. The van der Waals surface area contributed by atoms with Gasteiger partial charge in [0, 0.05) is 13.2 Å². The lowest BCUT2D eigenvalue weighted by Crippen LogP contribution is -2.14. The average molecular weight is 149 g/mol. The Morgan fingerprint density at radius 1 is 1.45 bits per heavy atom. The summed E-state index contributed by atoms with van der Waals surface area (Å²) in [6.07, 6.45) is 3.21. The molecule has 0 amide bonds. The molecule has 2 aromatic rings.